The Bertz CT molecular complexity index is 738. The number of rotatable bonds is 10. The number of nitrogens with one attached hydrogen (secondary N) is 1. The summed E-state index contributed by atoms with van der Waals surface area (Å²) < 4.78 is 5.43. The first-order chi connectivity index (χ1) is 13.7. The van der Waals surface area contributed by atoms with Gasteiger partial charge in [0.05, 0.1) is 6.42 Å². The number of hydrogen-bond acceptors (Lipinski definition) is 6. The van der Waals surface area contributed by atoms with Crippen LogP contribution in [0.2, 0.25) is 0 Å². The van der Waals surface area contributed by atoms with Crippen molar-refractivity contribution in [2.75, 3.05) is 11.9 Å². The second-order valence-electron chi connectivity index (χ2n) is 7.65. The molecule has 1 unspecified atom stereocenters. The highest BCUT2D eigenvalue weighted by molar-refractivity contribution is 5.67. The van der Waals surface area contributed by atoms with Crippen molar-refractivity contribution >= 4 is 11.8 Å². The zero-order chi connectivity index (χ0) is 19.8. The van der Waals surface area contributed by atoms with Crippen molar-refractivity contribution in [2.45, 2.75) is 70.6 Å². The van der Waals surface area contributed by atoms with Crippen LogP contribution in [0.4, 0.5) is 5.82 Å². The van der Waals surface area contributed by atoms with Gasteiger partial charge in [-0.2, -0.15) is 4.98 Å². The van der Waals surface area contributed by atoms with Gasteiger partial charge < -0.3 is 14.9 Å². The maximum absolute atomic E-state index is 11.3. The molecule has 0 bridgehead atoms. The fraction of sp³-hybridized carbons (Fsp3) is 0.619. The SMILES string of the molecule is CCNc1ccc(-c2noc(C(CCCC3CCCCC3)CC(=O)O)n2)cn1. The smallest absolute Gasteiger partial charge is 0.304 e. The minimum atomic E-state index is -0.834. The lowest BCUT2D eigenvalue weighted by Gasteiger charge is -2.21. The van der Waals surface area contributed by atoms with Gasteiger partial charge in [0.15, 0.2) is 0 Å². The maximum Gasteiger partial charge on any atom is 0.304 e. The van der Waals surface area contributed by atoms with E-state index in [1.165, 1.54) is 32.1 Å². The van der Waals surface area contributed by atoms with E-state index in [4.69, 9.17) is 4.52 Å². The molecule has 1 saturated carbocycles. The lowest BCUT2D eigenvalue weighted by molar-refractivity contribution is -0.137. The van der Waals surface area contributed by atoms with Gasteiger partial charge in [0.25, 0.3) is 0 Å². The Hall–Kier alpha value is -2.44. The van der Waals surface area contributed by atoms with Gasteiger partial charge in [-0.1, -0.05) is 50.1 Å². The maximum atomic E-state index is 11.3. The minimum absolute atomic E-state index is 0.0178. The van der Waals surface area contributed by atoms with Crippen LogP contribution >= 0.6 is 0 Å². The number of aliphatic carboxylic acids is 1. The van der Waals surface area contributed by atoms with Gasteiger partial charge in [0.2, 0.25) is 11.7 Å². The monoisotopic (exact) mass is 386 g/mol. The number of anilines is 1. The van der Waals surface area contributed by atoms with Crippen LogP contribution in [-0.4, -0.2) is 32.7 Å². The zero-order valence-electron chi connectivity index (χ0n) is 16.6. The van der Waals surface area contributed by atoms with Gasteiger partial charge in [0, 0.05) is 24.2 Å². The van der Waals surface area contributed by atoms with Crippen molar-refractivity contribution in [2.24, 2.45) is 5.92 Å². The summed E-state index contributed by atoms with van der Waals surface area (Å²) in [6.07, 6.45) is 11.3. The van der Waals surface area contributed by atoms with E-state index in [0.29, 0.717) is 11.7 Å². The Kier molecular flexibility index (Phi) is 7.39. The molecule has 7 nitrogen and oxygen atoms in total. The van der Waals surface area contributed by atoms with Crippen molar-refractivity contribution in [3.8, 4) is 11.4 Å². The molecule has 1 fully saturated rings. The molecule has 0 aromatic carbocycles. The van der Waals surface area contributed by atoms with Gasteiger partial charge in [0.1, 0.15) is 5.82 Å². The second kappa shape index (κ2) is 10.2. The van der Waals surface area contributed by atoms with Crippen molar-refractivity contribution in [1.29, 1.82) is 0 Å². The van der Waals surface area contributed by atoms with Gasteiger partial charge in [-0.05, 0) is 31.4 Å². The standard InChI is InChI=1S/C21H30N4O3/c1-2-22-18-12-11-17(14-23-18)20-24-21(28-25-20)16(13-19(26)27)10-6-9-15-7-4-3-5-8-15/h11-12,14-16H,2-10,13H2,1H3,(H,22,23)(H,26,27). The number of pyridine rings is 1. The van der Waals surface area contributed by atoms with Gasteiger partial charge in [-0.15, -0.1) is 0 Å². The summed E-state index contributed by atoms with van der Waals surface area (Å²) in [5.41, 5.74) is 0.757. The van der Waals surface area contributed by atoms with Crippen molar-refractivity contribution in [3.05, 3.63) is 24.2 Å². The van der Waals surface area contributed by atoms with Crippen LogP contribution < -0.4 is 5.32 Å². The molecule has 2 N–H and O–H groups in total. The average Bonchev–Trinajstić information content (AvgIpc) is 3.19. The molecule has 2 aromatic rings. The molecule has 1 aliphatic carbocycles. The van der Waals surface area contributed by atoms with Crippen LogP contribution in [-0.2, 0) is 4.79 Å². The van der Waals surface area contributed by atoms with E-state index in [0.717, 1.165) is 43.1 Å². The molecule has 0 aliphatic heterocycles. The topological polar surface area (TPSA) is 101 Å². The molecule has 0 radical (unpaired) electrons. The Balaban J connectivity index is 1.62. The average molecular weight is 386 g/mol. The minimum Gasteiger partial charge on any atom is -0.481 e. The molecule has 7 heteroatoms. The van der Waals surface area contributed by atoms with E-state index in [2.05, 4.69) is 20.4 Å². The third-order valence-corrected chi connectivity index (χ3v) is 5.48. The molecular formula is C21H30N4O3. The first-order valence-corrected chi connectivity index (χ1v) is 10.4. The van der Waals surface area contributed by atoms with Crippen molar-refractivity contribution in [3.63, 3.8) is 0 Å². The lowest BCUT2D eigenvalue weighted by atomic mass is 9.84. The van der Waals surface area contributed by atoms with E-state index in [9.17, 15) is 9.90 Å². The molecule has 0 spiro atoms. The Labute approximate surface area is 166 Å². The van der Waals surface area contributed by atoms with E-state index >= 15 is 0 Å². The predicted octanol–water partition coefficient (Wildman–Crippen LogP) is 4.87. The predicted molar refractivity (Wildman–Crippen MR) is 107 cm³/mol. The summed E-state index contributed by atoms with van der Waals surface area (Å²) in [5.74, 6) is 1.38. The number of aromatic nitrogens is 3. The summed E-state index contributed by atoms with van der Waals surface area (Å²) in [6, 6.07) is 3.75. The largest absolute Gasteiger partial charge is 0.481 e. The number of nitrogens with zero attached hydrogens (tertiary/aromatic N) is 3. The fourth-order valence-electron chi connectivity index (χ4n) is 3.98. The molecule has 1 aliphatic rings. The number of carbonyl (C=O) groups is 1. The van der Waals surface area contributed by atoms with Crippen LogP contribution in [0.5, 0.6) is 0 Å². The van der Waals surface area contributed by atoms with Crippen LogP contribution in [0, 0.1) is 5.92 Å². The zero-order valence-corrected chi connectivity index (χ0v) is 16.6. The van der Waals surface area contributed by atoms with Crippen LogP contribution in [0.3, 0.4) is 0 Å². The van der Waals surface area contributed by atoms with Gasteiger partial charge in [-0.25, -0.2) is 4.98 Å². The van der Waals surface area contributed by atoms with Gasteiger partial charge >= 0.3 is 5.97 Å². The summed E-state index contributed by atoms with van der Waals surface area (Å²) in [4.78, 5) is 20.1. The third kappa shape index (κ3) is 5.78. The Morgan fingerprint density at radius 1 is 1.32 bits per heavy atom. The van der Waals surface area contributed by atoms with Crippen LogP contribution in [0.15, 0.2) is 22.9 Å². The first kappa shape index (κ1) is 20.3. The normalized spacial score (nSPS) is 16.0. The molecule has 1 atom stereocenters. The van der Waals surface area contributed by atoms with E-state index in [1.807, 2.05) is 19.1 Å². The van der Waals surface area contributed by atoms with E-state index < -0.39 is 5.97 Å². The molecule has 3 rings (SSSR count). The van der Waals surface area contributed by atoms with Crippen molar-refractivity contribution < 1.29 is 14.4 Å². The molecule has 2 aromatic heterocycles. The quantitative estimate of drug-likeness (QED) is 0.600. The lowest BCUT2D eigenvalue weighted by Crippen LogP contribution is -2.10. The summed E-state index contributed by atoms with van der Waals surface area (Å²) in [6.45, 7) is 2.81. The Morgan fingerprint density at radius 2 is 2.14 bits per heavy atom. The van der Waals surface area contributed by atoms with E-state index in [1.54, 1.807) is 6.20 Å². The molecule has 152 valence electrons. The van der Waals surface area contributed by atoms with E-state index in [-0.39, 0.29) is 12.3 Å². The number of hydrogen-bond donors (Lipinski definition) is 2. The second-order valence-corrected chi connectivity index (χ2v) is 7.65. The molecular weight excluding hydrogens is 356 g/mol. The number of carboxylic acid groups (broad SMARTS) is 1. The molecule has 2 heterocycles. The first-order valence-electron chi connectivity index (χ1n) is 10.4. The summed E-state index contributed by atoms with van der Waals surface area (Å²) in [5, 5.41) is 16.5. The molecule has 0 saturated heterocycles. The highest BCUT2D eigenvalue weighted by atomic mass is 16.5. The van der Waals surface area contributed by atoms with Crippen molar-refractivity contribution in [1.82, 2.24) is 15.1 Å². The highest BCUT2D eigenvalue weighted by Crippen LogP contribution is 2.31. The number of carboxylic acids is 1. The summed E-state index contributed by atoms with van der Waals surface area (Å²) in [7, 11) is 0. The van der Waals surface area contributed by atoms with Crippen LogP contribution in [0.1, 0.15) is 76.5 Å². The highest BCUT2D eigenvalue weighted by Gasteiger charge is 2.23. The van der Waals surface area contributed by atoms with Crippen LogP contribution in [0.25, 0.3) is 11.4 Å². The van der Waals surface area contributed by atoms with Gasteiger partial charge in [-0.3, -0.25) is 4.79 Å². The third-order valence-electron chi connectivity index (χ3n) is 5.48. The summed E-state index contributed by atoms with van der Waals surface area (Å²) >= 11 is 0. The Morgan fingerprint density at radius 3 is 2.82 bits per heavy atom. The fourth-order valence-corrected chi connectivity index (χ4v) is 3.98. The molecule has 28 heavy (non-hydrogen) atoms. The molecule has 0 amide bonds.